The molecule has 0 saturated carbocycles. The highest BCUT2D eigenvalue weighted by Crippen LogP contribution is 2.58. The number of nitrogens with two attached hydrogens (primary N) is 1. The summed E-state index contributed by atoms with van der Waals surface area (Å²) < 4.78 is 19.9. The predicted molar refractivity (Wildman–Crippen MR) is 136 cm³/mol. The van der Waals surface area contributed by atoms with Crippen LogP contribution in [0, 0.1) is 11.2 Å². The van der Waals surface area contributed by atoms with Crippen molar-refractivity contribution < 1.29 is 13.9 Å². The molecule has 4 aromatic carbocycles. The van der Waals surface area contributed by atoms with E-state index in [1.165, 1.54) is 12.1 Å². The lowest BCUT2D eigenvalue weighted by atomic mass is 9.77. The maximum absolute atomic E-state index is 13.4. The second-order valence-corrected chi connectivity index (χ2v) is 9.44. The Kier molecular flexibility index (Phi) is 5.02. The maximum atomic E-state index is 13.4. The molecule has 2 heterocycles. The SMILES string of the molecule is CC12OC(c3cc(C(=O)NCc4ccc(C(=N)N)cc4)ccc31)c1cc(-c3ccc(F)cc3)ccc12. The highest BCUT2D eigenvalue weighted by atomic mass is 19.1. The molecule has 0 fully saturated rings. The standard InChI is InChI=1S/C30H24FN3O2/c1-30-25-12-8-20(18-6-10-22(31)11-7-18)14-23(25)27(36-30)24-15-21(9-13-26(24)30)29(35)34-16-17-2-4-19(5-3-17)28(32)33/h2-15,27H,16H2,1H3,(H3,32,33)(H,34,35). The molecular weight excluding hydrogens is 453 g/mol. The first-order chi connectivity index (χ1) is 17.3. The third-order valence-electron chi connectivity index (χ3n) is 7.21. The predicted octanol–water partition coefficient (Wildman–Crippen LogP) is 5.40. The lowest BCUT2D eigenvalue weighted by Gasteiger charge is -2.25. The van der Waals surface area contributed by atoms with E-state index in [0.29, 0.717) is 17.7 Å². The Hall–Kier alpha value is -4.29. The molecule has 0 radical (unpaired) electrons. The van der Waals surface area contributed by atoms with Crippen LogP contribution in [0.25, 0.3) is 11.1 Å². The Morgan fingerprint density at radius 1 is 0.917 bits per heavy atom. The minimum Gasteiger partial charge on any atom is -0.384 e. The van der Waals surface area contributed by atoms with Crippen molar-refractivity contribution in [1.82, 2.24) is 5.32 Å². The number of rotatable bonds is 5. The fourth-order valence-corrected chi connectivity index (χ4v) is 5.28. The first kappa shape index (κ1) is 22.2. The van der Waals surface area contributed by atoms with E-state index in [4.69, 9.17) is 15.9 Å². The van der Waals surface area contributed by atoms with Crippen LogP contribution in [0.4, 0.5) is 4.39 Å². The van der Waals surface area contributed by atoms with Crippen LogP contribution < -0.4 is 11.1 Å². The molecule has 2 aliphatic heterocycles. The molecule has 4 N–H and O–H groups in total. The van der Waals surface area contributed by atoms with E-state index in [-0.39, 0.29) is 23.7 Å². The second kappa shape index (κ2) is 8.14. The van der Waals surface area contributed by atoms with Gasteiger partial charge in [-0.05, 0) is 76.2 Å². The number of carbonyl (C=O) groups is 1. The molecule has 178 valence electrons. The number of amides is 1. The summed E-state index contributed by atoms with van der Waals surface area (Å²) in [7, 11) is 0. The normalized spacial score (nSPS) is 19.0. The Bertz CT molecular complexity index is 1530. The van der Waals surface area contributed by atoms with Gasteiger partial charge in [-0.3, -0.25) is 10.2 Å². The third kappa shape index (κ3) is 3.49. The van der Waals surface area contributed by atoms with Crippen molar-refractivity contribution in [3.63, 3.8) is 0 Å². The Labute approximate surface area is 208 Å². The number of benzene rings is 4. The van der Waals surface area contributed by atoms with Gasteiger partial charge < -0.3 is 15.8 Å². The molecule has 4 aromatic rings. The molecule has 2 bridgehead atoms. The quantitative estimate of drug-likeness (QED) is 0.266. The molecule has 6 rings (SSSR count). The summed E-state index contributed by atoms with van der Waals surface area (Å²) in [6, 6.07) is 25.7. The van der Waals surface area contributed by atoms with Crippen LogP contribution in [-0.4, -0.2) is 11.7 Å². The summed E-state index contributed by atoms with van der Waals surface area (Å²) in [6.45, 7) is 2.44. The van der Waals surface area contributed by atoms with Gasteiger partial charge in [0, 0.05) is 17.7 Å². The van der Waals surface area contributed by atoms with Crippen LogP contribution >= 0.6 is 0 Å². The fourth-order valence-electron chi connectivity index (χ4n) is 5.28. The fraction of sp³-hybridized carbons (Fsp3) is 0.133. The van der Waals surface area contributed by atoms with Crippen LogP contribution in [0.5, 0.6) is 0 Å². The van der Waals surface area contributed by atoms with Crippen molar-refractivity contribution in [2.45, 2.75) is 25.2 Å². The molecule has 0 aliphatic carbocycles. The van der Waals surface area contributed by atoms with E-state index >= 15 is 0 Å². The number of carbonyl (C=O) groups excluding carboxylic acids is 1. The van der Waals surface area contributed by atoms with Crippen LogP contribution in [-0.2, 0) is 16.9 Å². The Balaban J connectivity index is 1.25. The van der Waals surface area contributed by atoms with E-state index in [1.54, 1.807) is 24.3 Å². The van der Waals surface area contributed by atoms with Crippen molar-refractivity contribution in [3.8, 4) is 11.1 Å². The summed E-state index contributed by atoms with van der Waals surface area (Å²) in [4.78, 5) is 13.0. The minimum atomic E-state index is -0.565. The van der Waals surface area contributed by atoms with Gasteiger partial charge in [0.2, 0.25) is 0 Å². The molecule has 36 heavy (non-hydrogen) atoms. The van der Waals surface area contributed by atoms with Gasteiger partial charge in [0.15, 0.2) is 0 Å². The maximum Gasteiger partial charge on any atom is 0.251 e. The van der Waals surface area contributed by atoms with Gasteiger partial charge in [-0.15, -0.1) is 0 Å². The van der Waals surface area contributed by atoms with Crippen molar-refractivity contribution in [2.24, 2.45) is 5.73 Å². The average Bonchev–Trinajstić information content (AvgIpc) is 3.36. The van der Waals surface area contributed by atoms with Crippen molar-refractivity contribution >= 4 is 11.7 Å². The molecule has 2 aliphatic rings. The van der Waals surface area contributed by atoms with Gasteiger partial charge in [-0.1, -0.05) is 54.6 Å². The molecule has 5 nitrogen and oxygen atoms in total. The number of amidine groups is 1. The third-order valence-corrected chi connectivity index (χ3v) is 7.21. The van der Waals surface area contributed by atoms with E-state index in [9.17, 15) is 9.18 Å². The lowest BCUT2D eigenvalue weighted by Crippen LogP contribution is -2.24. The Morgan fingerprint density at radius 3 is 2.22 bits per heavy atom. The van der Waals surface area contributed by atoms with Crippen LogP contribution in [0.1, 0.15) is 56.8 Å². The monoisotopic (exact) mass is 477 g/mol. The number of nitrogen functional groups attached to an aromatic ring is 1. The van der Waals surface area contributed by atoms with Gasteiger partial charge in [0.05, 0.1) is 0 Å². The second-order valence-electron chi connectivity index (χ2n) is 9.44. The molecule has 0 saturated heterocycles. The zero-order chi connectivity index (χ0) is 25.0. The molecular formula is C30H24FN3O2. The van der Waals surface area contributed by atoms with Crippen molar-refractivity contribution in [1.29, 1.82) is 5.41 Å². The molecule has 0 aromatic heterocycles. The van der Waals surface area contributed by atoms with Gasteiger partial charge in [0.1, 0.15) is 23.4 Å². The number of hydrogen-bond donors (Lipinski definition) is 3. The highest BCUT2D eigenvalue weighted by Gasteiger charge is 2.51. The number of ether oxygens (including phenoxy) is 1. The largest absolute Gasteiger partial charge is 0.384 e. The Morgan fingerprint density at radius 2 is 1.53 bits per heavy atom. The number of fused-ring (bicyclic) bond motifs is 8. The van der Waals surface area contributed by atoms with Gasteiger partial charge in [-0.2, -0.15) is 0 Å². The van der Waals surface area contributed by atoms with Crippen molar-refractivity contribution in [3.05, 3.63) is 130 Å². The molecule has 0 spiro atoms. The molecule has 2 unspecified atom stereocenters. The van der Waals surface area contributed by atoms with Gasteiger partial charge in [0.25, 0.3) is 5.91 Å². The zero-order valence-electron chi connectivity index (χ0n) is 19.6. The first-order valence-corrected chi connectivity index (χ1v) is 11.8. The summed E-state index contributed by atoms with van der Waals surface area (Å²) in [6.07, 6.45) is -0.257. The smallest absolute Gasteiger partial charge is 0.251 e. The van der Waals surface area contributed by atoms with E-state index in [2.05, 4.69) is 24.4 Å². The number of halogens is 1. The summed E-state index contributed by atoms with van der Waals surface area (Å²) >= 11 is 0. The zero-order valence-corrected chi connectivity index (χ0v) is 19.6. The highest BCUT2D eigenvalue weighted by molar-refractivity contribution is 5.95. The summed E-state index contributed by atoms with van der Waals surface area (Å²) in [5.41, 5.74) is 13.3. The van der Waals surface area contributed by atoms with E-state index < -0.39 is 5.60 Å². The minimum absolute atomic E-state index is 0.0142. The lowest BCUT2D eigenvalue weighted by molar-refractivity contribution is 0.00901. The summed E-state index contributed by atoms with van der Waals surface area (Å²) in [5.74, 6) is -0.412. The van der Waals surface area contributed by atoms with Gasteiger partial charge >= 0.3 is 0 Å². The molecule has 6 heteroatoms. The topological polar surface area (TPSA) is 88.2 Å². The van der Waals surface area contributed by atoms with Crippen molar-refractivity contribution in [2.75, 3.05) is 0 Å². The molecule has 1 amide bonds. The number of hydrogen-bond acceptors (Lipinski definition) is 3. The van der Waals surface area contributed by atoms with Crippen LogP contribution in [0.15, 0.2) is 84.9 Å². The summed E-state index contributed by atoms with van der Waals surface area (Å²) in [5, 5.41) is 10.5. The van der Waals surface area contributed by atoms with Gasteiger partial charge in [-0.25, -0.2) is 4.39 Å². The first-order valence-electron chi connectivity index (χ1n) is 11.8. The van der Waals surface area contributed by atoms with E-state index in [0.717, 1.165) is 38.9 Å². The molecule has 2 atom stereocenters. The van der Waals surface area contributed by atoms with Crippen LogP contribution in [0.3, 0.4) is 0 Å². The van der Waals surface area contributed by atoms with E-state index in [1.807, 2.05) is 36.4 Å². The average molecular weight is 478 g/mol. The van der Waals surface area contributed by atoms with Crippen LogP contribution in [0.2, 0.25) is 0 Å². The number of nitrogens with one attached hydrogen (secondary N) is 2.